The summed E-state index contributed by atoms with van der Waals surface area (Å²) in [6, 6.07) is 13.5. The third-order valence-electron chi connectivity index (χ3n) is 5.19. The van der Waals surface area contributed by atoms with E-state index in [1.807, 2.05) is 64.2 Å². The molecule has 2 heterocycles. The van der Waals surface area contributed by atoms with E-state index in [1.54, 1.807) is 6.20 Å². The summed E-state index contributed by atoms with van der Waals surface area (Å²) in [7, 11) is 0. The van der Waals surface area contributed by atoms with Crippen molar-refractivity contribution in [3.05, 3.63) is 72.2 Å². The molecule has 0 spiro atoms. The van der Waals surface area contributed by atoms with Gasteiger partial charge in [0.15, 0.2) is 0 Å². The van der Waals surface area contributed by atoms with Crippen LogP contribution in [0.3, 0.4) is 0 Å². The molecule has 1 fully saturated rings. The Morgan fingerprint density at radius 1 is 1.15 bits per heavy atom. The molecule has 134 valence electrons. The van der Waals surface area contributed by atoms with Crippen LogP contribution in [0.4, 0.5) is 0 Å². The number of fused-ring (bicyclic) bond motifs is 1. The fourth-order valence-electron chi connectivity index (χ4n) is 3.79. The summed E-state index contributed by atoms with van der Waals surface area (Å²) in [5.41, 5.74) is 2.50. The average molecular weight is 349 g/mol. The topological polar surface area (TPSA) is 57.8 Å². The maximum atomic E-state index is 13.3. The third-order valence-corrected chi connectivity index (χ3v) is 5.19. The van der Waals surface area contributed by atoms with E-state index in [1.165, 1.54) is 0 Å². The molecule has 1 N–H and O–H groups in total. The van der Waals surface area contributed by atoms with E-state index in [2.05, 4.69) is 4.98 Å². The first-order chi connectivity index (χ1) is 12.7. The van der Waals surface area contributed by atoms with E-state index in [0.717, 1.165) is 36.9 Å². The van der Waals surface area contributed by atoms with E-state index < -0.39 is 6.10 Å². The zero-order chi connectivity index (χ0) is 17.9. The number of amides is 1. The molecule has 0 bridgehead atoms. The lowest BCUT2D eigenvalue weighted by molar-refractivity contribution is 0.0149. The van der Waals surface area contributed by atoms with Gasteiger partial charge in [0.25, 0.3) is 5.91 Å². The van der Waals surface area contributed by atoms with Crippen molar-refractivity contribution in [2.45, 2.75) is 44.4 Å². The molecule has 0 unspecified atom stereocenters. The van der Waals surface area contributed by atoms with E-state index in [9.17, 15) is 9.90 Å². The number of carbonyl (C=O) groups excluding carboxylic acids is 1. The first-order valence-corrected chi connectivity index (χ1v) is 9.18. The average Bonchev–Trinajstić information content (AvgIpc) is 3.15. The maximum absolute atomic E-state index is 13.3. The van der Waals surface area contributed by atoms with Gasteiger partial charge in [-0.1, -0.05) is 43.2 Å². The van der Waals surface area contributed by atoms with Crippen LogP contribution in [0.5, 0.6) is 0 Å². The highest BCUT2D eigenvalue weighted by Gasteiger charge is 2.32. The van der Waals surface area contributed by atoms with E-state index in [4.69, 9.17) is 0 Å². The number of nitrogens with zero attached hydrogens (tertiary/aromatic N) is 3. The zero-order valence-electron chi connectivity index (χ0n) is 14.7. The van der Waals surface area contributed by atoms with Crippen LogP contribution in [0.2, 0.25) is 0 Å². The number of imidazole rings is 1. The Hall–Kier alpha value is -2.66. The normalized spacial score (nSPS) is 20.2. The Kier molecular flexibility index (Phi) is 4.71. The molecular formula is C21H23N3O2. The number of aliphatic hydroxyl groups excluding tert-OH is 1. The van der Waals surface area contributed by atoms with Gasteiger partial charge >= 0.3 is 0 Å². The molecule has 0 radical (unpaired) electrons. The van der Waals surface area contributed by atoms with Crippen LogP contribution in [0.15, 0.2) is 61.1 Å². The fraction of sp³-hybridized carbons (Fsp3) is 0.333. The van der Waals surface area contributed by atoms with Crippen LogP contribution in [0.25, 0.3) is 5.65 Å². The van der Waals surface area contributed by atoms with Gasteiger partial charge in [0.05, 0.1) is 17.7 Å². The van der Waals surface area contributed by atoms with Crippen molar-refractivity contribution < 1.29 is 9.90 Å². The second-order valence-corrected chi connectivity index (χ2v) is 6.95. The van der Waals surface area contributed by atoms with Crippen LogP contribution in [-0.2, 0) is 6.54 Å². The van der Waals surface area contributed by atoms with Crippen molar-refractivity contribution in [2.75, 3.05) is 0 Å². The number of aliphatic hydroxyl groups is 1. The summed E-state index contributed by atoms with van der Waals surface area (Å²) in [5, 5.41) is 10.5. The van der Waals surface area contributed by atoms with Crippen LogP contribution in [-0.4, -0.2) is 37.4 Å². The molecule has 1 aromatic carbocycles. The van der Waals surface area contributed by atoms with Gasteiger partial charge in [-0.25, -0.2) is 4.98 Å². The highest BCUT2D eigenvalue weighted by molar-refractivity contribution is 5.94. The van der Waals surface area contributed by atoms with Gasteiger partial charge in [-0.15, -0.1) is 0 Å². The predicted molar refractivity (Wildman–Crippen MR) is 99.8 cm³/mol. The summed E-state index contributed by atoms with van der Waals surface area (Å²) in [6.45, 7) is 0.503. The van der Waals surface area contributed by atoms with Gasteiger partial charge in [-0.05, 0) is 30.5 Å². The molecule has 0 saturated heterocycles. The monoisotopic (exact) mass is 349 g/mol. The summed E-state index contributed by atoms with van der Waals surface area (Å²) >= 11 is 0. The Morgan fingerprint density at radius 3 is 2.77 bits per heavy atom. The first-order valence-electron chi connectivity index (χ1n) is 9.18. The standard InChI is InChI=1S/C21H23N3O2/c25-19-9-5-4-8-18(19)24(14-16-6-2-1-3-7-16)21(26)17-10-11-20-22-12-13-23(20)15-17/h1-3,6-7,10-13,15,18-19,25H,4-5,8-9,14H2/t18-,19-/m1/s1. The van der Waals surface area contributed by atoms with Gasteiger partial charge in [-0.3, -0.25) is 4.79 Å². The van der Waals surface area contributed by atoms with Crippen molar-refractivity contribution in [1.29, 1.82) is 0 Å². The van der Waals surface area contributed by atoms with Crippen LogP contribution in [0, 0.1) is 0 Å². The van der Waals surface area contributed by atoms with E-state index in [-0.39, 0.29) is 11.9 Å². The van der Waals surface area contributed by atoms with Crippen molar-refractivity contribution in [2.24, 2.45) is 0 Å². The SMILES string of the molecule is O=C(c1ccc2nccn2c1)N(Cc1ccccc1)[C@@H]1CCCC[C@H]1O. The zero-order valence-corrected chi connectivity index (χ0v) is 14.7. The number of carbonyl (C=O) groups is 1. The van der Waals surface area contributed by atoms with Crippen LogP contribution >= 0.6 is 0 Å². The molecule has 1 aliphatic carbocycles. The number of benzene rings is 1. The molecule has 5 nitrogen and oxygen atoms in total. The quantitative estimate of drug-likeness (QED) is 0.786. The molecule has 1 amide bonds. The molecule has 2 atom stereocenters. The predicted octanol–water partition coefficient (Wildman–Crippen LogP) is 3.28. The molecule has 4 rings (SSSR count). The molecule has 0 aliphatic heterocycles. The smallest absolute Gasteiger partial charge is 0.255 e. The Bertz CT molecular complexity index is 890. The number of rotatable bonds is 4. The minimum absolute atomic E-state index is 0.0459. The van der Waals surface area contributed by atoms with Gasteiger partial charge < -0.3 is 14.4 Å². The number of pyridine rings is 1. The van der Waals surface area contributed by atoms with Crippen molar-refractivity contribution >= 4 is 11.6 Å². The van der Waals surface area contributed by atoms with E-state index >= 15 is 0 Å². The summed E-state index contributed by atoms with van der Waals surface area (Å²) in [4.78, 5) is 19.4. The fourth-order valence-corrected chi connectivity index (χ4v) is 3.79. The molecular weight excluding hydrogens is 326 g/mol. The molecule has 2 aromatic heterocycles. The molecule has 3 aromatic rings. The third kappa shape index (κ3) is 3.35. The van der Waals surface area contributed by atoms with Crippen molar-refractivity contribution in [3.8, 4) is 0 Å². The van der Waals surface area contributed by atoms with Gasteiger partial charge in [-0.2, -0.15) is 0 Å². The second kappa shape index (κ2) is 7.30. The minimum Gasteiger partial charge on any atom is -0.391 e. The lowest BCUT2D eigenvalue weighted by Crippen LogP contribution is -2.48. The van der Waals surface area contributed by atoms with Crippen molar-refractivity contribution in [1.82, 2.24) is 14.3 Å². The Labute approximate surface area is 152 Å². The molecule has 5 heteroatoms. The minimum atomic E-state index is -0.464. The van der Waals surface area contributed by atoms with Crippen molar-refractivity contribution in [3.63, 3.8) is 0 Å². The number of aromatic nitrogens is 2. The highest BCUT2D eigenvalue weighted by atomic mass is 16.3. The first kappa shape index (κ1) is 16.8. The lowest BCUT2D eigenvalue weighted by Gasteiger charge is -2.38. The second-order valence-electron chi connectivity index (χ2n) is 6.95. The number of hydrogen-bond donors (Lipinski definition) is 1. The number of hydrogen-bond acceptors (Lipinski definition) is 3. The maximum Gasteiger partial charge on any atom is 0.255 e. The van der Waals surface area contributed by atoms with Gasteiger partial charge in [0, 0.05) is 25.1 Å². The summed E-state index contributed by atoms with van der Waals surface area (Å²) in [5.74, 6) is -0.0459. The van der Waals surface area contributed by atoms with Crippen LogP contribution in [0.1, 0.15) is 41.6 Å². The van der Waals surface area contributed by atoms with Crippen LogP contribution < -0.4 is 0 Å². The van der Waals surface area contributed by atoms with Gasteiger partial charge in [0.1, 0.15) is 5.65 Å². The van der Waals surface area contributed by atoms with Gasteiger partial charge in [0.2, 0.25) is 0 Å². The summed E-state index contributed by atoms with van der Waals surface area (Å²) in [6.07, 6.45) is 8.56. The van der Waals surface area contributed by atoms with E-state index in [0.29, 0.717) is 12.1 Å². The Morgan fingerprint density at radius 2 is 1.96 bits per heavy atom. The largest absolute Gasteiger partial charge is 0.391 e. The molecule has 1 saturated carbocycles. The molecule has 1 aliphatic rings. The lowest BCUT2D eigenvalue weighted by atomic mass is 9.90. The Balaban J connectivity index is 1.67. The highest BCUT2D eigenvalue weighted by Crippen LogP contribution is 2.26. The summed E-state index contributed by atoms with van der Waals surface area (Å²) < 4.78 is 1.85. The molecule has 26 heavy (non-hydrogen) atoms.